The minimum atomic E-state index is -0.254. The normalized spacial score (nSPS) is 15.5. The third kappa shape index (κ3) is 3.14. The second-order valence-electron chi connectivity index (χ2n) is 6.76. The van der Waals surface area contributed by atoms with Gasteiger partial charge in [-0.15, -0.1) is 0 Å². The molecule has 1 aliphatic heterocycles. The van der Waals surface area contributed by atoms with Crippen molar-refractivity contribution in [2.45, 2.75) is 13.0 Å². The Labute approximate surface area is 158 Å². The highest BCUT2D eigenvalue weighted by atomic mass is 16.5. The van der Waals surface area contributed by atoms with Crippen LogP contribution in [-0.2, 0) is 0 Å². The Balaban J connectivity index is 1.81. The summed E-state index contributed by atoms with van der Waals surface area (Å²) in [7, 11) is 3.64. The van der Waals surface area contributed by atoms with Crippen LogP contribution in [0, 0.1) is 6.92 Å². The maximum atomic E-state index is 12.2. The fraction of sp³-hybridized carbons (Fsp3) is 0.238. The summed E-state index contributed by atoms with van der Waals surface area (Å²) in [6.45, 7) is 2.78. The summed E-state index contributed by atoms with van der Waals surface area (Å²) >= 11 is 0. The molecule has 0 spiro atoms. The number of likely N-dealkylation sites (N-methyl/N-ethyl adjacent to an activating group) is 1. The summed E-state index contributed by atoms with van der Waals surface area (Å²) in [4.78, 5) is 18.6. The monoisotopic (exact) mass is 362 g/mol. The van der Waals surface area contributed by atoms with Crippen molar-refractivity contribution < 1.29 is 4.74 Å². The summed E-state index contributed by atoms with van der Waals surface area (Å²) < 4.78 is 7.37. The van der Waals surface area contributed by atoms with Crippen molar-refractivity contribution in [3.05, 3.63) is 76.1 Å². The lowest BCUT2D eigenvalue weighted by Gasteiger charge is -2.19. The van der Waals surface area contributed by atoms with Crippen molar-refractivity contribution in [1.82, 2.24) is 9.55 Å². The maximum Gasteiger partial charge on any atom is 0.276 e. The van der Waals surface area contributed by atoms with Crippen LogP contribution in [0.15, 0.2) is 59.4 Å². The van der Waals surface area contributed by atoms with Crippen LogP contribution < -0.4 is 20.5 Å². The molecule has 0 saturated heterocycles. The summed E-state index contributed by atoms with van der Waals surface area (Å²) in [6.07, 6.45) is 0. The Hall–Kier alpha value is -3.28. The lowest BCUT2D eigenvalue weighted by Crippen LogP contribution is -2.18. The molecule has 1 aromatic heterocycles. The minimum Gasteiger partial charge on any atom is -0.497 e. The molecule has 1 N–H and O–H groups in total. The highest BCUT2D eigenvalue weighted by molar-refractivity contribution is 5.63. The largest absolute Gasteiger partial charge is 0.497 e. The smallest absolute Gasteiger partial charge is 0.276 e. The van der Waals surface area contributed by atoms with Crippen molar-refractivity contribution in [2.75, 3.05) is 30.9 Å². The molecule has 138 valence electrons. The van der Waals surface area contributed by atoms with E-state index in [1.807, 2.05) is 50.4 Å². The predicted molar refractivity (Wildman–Crippen MR) is 107 cm³/mol. The number of rotatable bonds is 4. The molecule has 2 aromatic carbocycles. The van der Waals surface area contributed by atoms with Gasteiger partial charge < -0.3 is 15.0 Å². The summed E-state index contributed by atoms with van der Waals surface area (Å²) in [6, 6.07) is 17.7. The fourth-order valence-electron chi connectivity index (χ4n) is 3.56. The van der Waals surface area contributed by atoms with E-state index in [1.54, 1.807) is 13.2 Å². The van der Waals surface area contributed by atoms with E-state index >= 15 is 0 Å². The molecule has 2 heterocycles. The van der Waals surface area contributed by atoms with Crippen LogP contribution in [0.2, 0.25) is 0 Å². The number of aryl methyl sites for hydroxylation is 1. The van der Waals surface area contributed by atoms with E-state index in [9.17, 15) is 4.79 Å². The van der Waals surface area contributed by atoms with Gasteiger partial charge >= 0.3 is 0 Å². The number of ether oxygens (including phenoxy) is 1. The summed E-state index contributed by atoms with van der Waals surface area (Å²) in [5, 5.41) is 3.35. The summed E-state index contributed by atoms with van der Waals surface area (Å²) in [5.41, 5.74) is 2.84. The average Bonchev–Trinajstić information content (AvgIpc) is 3.01. The summed E-state index contributed by atoms with van der Waals surface area (Å²) in [5.74, 6) is 2.20. The van der Waals surface area contributed by atoms with Crippen molar-refractivity contribution in [2.24, 2.45) is 0 Å². The highest BCUT2D eigenvalue weighted by Gasteiger charge is 2.30. The van der Waals surface area contributed by atoms with Gasteiger partial charge in [0.15, 0.2) is 0 Å². The van der Waals surface area contributed by atoms with Gasteiger partial charge in [-0.25, -0.2) is 0 Å². The molecule has 1 aliphatic rings. The van der Waals surface area contributed by atoms with Crippen molar-refractivity contribution in [3.63, 3.8) is 0 Å². The molecule has 6 nitrogen and oxygen atoms in total. The maximum absolute atomic E-state index is 12.2. The number of benzene rings is 2. The van der Waals surface area contributed by atoms with E-state index in [4.69, 9.17) is 4.74 Å². The Morgan fingerprint density at radius 3 is 2.63 bits per heavy atom. The quantitative estimate of drug-likeness (QED) is 0.771. The Morgan fingerprint density at radius 1 is 1.15 bits per heavy atom. The van der Waals surface area contributed by atoms with Gasteiger partial charge in [-0.1, -0.05) is 30.3 Å². The van der Waals surface area contributed by atoms with E-state index in [2.05, 4.69) is 31.9 Å². The van der Waals surface area contributed by atoms with Crippen LogP contribution in [0.25, 0.3) is 0 Å². The second kappa shape index (κ2) is 6.79. The van der Waals surface area contributed by atoms with Crippen molar-refractivity contribution in [1.29, 1.82) is 0 Å². The molecule has 27 heavy (non-hydrogen) atoms. The number of anilines is 3. The van der Waals surface area contributed by atoms with Gasteiger partial charge in [0.05, 0.1) is 13.2 Å². The number of nitrogens with zero attached hydrogens (tertiary/aromatic N) is 3. The lowest BCUT2D eigenvalue weighted by atomic mass is 10.1. The van der Waals surface area contributed by atoms with Crippen LogP contribution in [0.5, 0.6) is 5.75 Å². The van der Waals surface area contributed by atoms with Crippen molar-refractivity contribution in [3.8, 4) is 5.75 Å². The molecule has 4 rings (SSSR count). The first-order valence-electron chi connectivity index (χ1n) is 8.88. The van der Waals surface area contributed by atoms with Gasteiger partial charge in [0, 0.05) is 25.3 Å². The van der Waals surface area contributed by atoms with Gasteiger partial charge in [0.25, 0.3) is 5.56 Å². The number of aromatic nitrogens is 2. The van der Waals surface area contributed by atoms with Gasteiger partial charge in [-0.05, 0) is 36.2 Å². The highest BCUT2D eigenvalue weighted by Crippen LogP contribution is 2.35. The average molecular weight is 362 g/mol. The topological polar surface area (TPSA) is 59.4 Å². The Bertz CT molecular complexity index is 1030. The zero-order valence-electron chi connectivity index (χ0n) is 15.6. The zero-order chi connectivity index (χ0) is 19.0. The molecule has 3 aromatic rings. The molecule has 1 unspecified atom stereocenters. The molecule has 0 saturated carbocycles. The van der Waals surface area contributed by atoms with Crippen LogP contribution >= 0.6 is 0 Å². The van der Waals surface area contributed by atoms with Crippen LogP contribution in [-0.4, -0.2) is 30.3 Å². The van der Waals surface area contributed by atoms with E-state index in [-0.39, 0.29) is 11.6 Å². The van der Waals surface area contributed by atoms with Gasteiger partial charge in [0.1, 0.15) is 11.6 Å². The van der Waals surface area contributed by atoms with Gasteiger partial charge in [-0.3, -0.25) is 9.36 Å². The first-order valence-corrected chi connectivity index (χ1v) is 8.88. The van der Waals surface area contributed by atoms with E-state index in [0.717, 1.165) is 29.4 Å². The molecular weight excluding hydrogens is 340 g/mol. The van der Waals surface area contributed by atoms with E-state index in [1.165, 1.54) is 5.56 Å². The van der Waals surface area contributed by atoms with E-state index < -0.39 is 0 Å². The standard InChI is InChI=1S/C21H22N4O2/c1-14-11-16(27-3)9-10-17(14)22-21-23-19(26)12-20-24(2)13-18(25(20)21)15-7-5-4-6-8-15/h4-12,18H,13H2,1-3H3,(H,22,23,26). The van der Waals surface area contributed by atoms with Gasteiger partial charge in [-0.2, -0.15) is 4.98 Å². The van der Waals surface area contributed by atoms with Gasteiger partial charge in [0.2, 0.25) is 5.95 Å². The number of methoxy groups -OCH3 is 1. The number of hydrogen-bond donors (Lipinski definition) is 1. The predicted octanol–water partition coefficient (Wildman–Crippen LogP) is 3.34. The molecule has 6 heteroatoms. The molecular formula is C21H22N4O2. The third-order valence-electron chi connectivity index (χ3n) is 4.96. The second-order valence-corrected chi connectivity index (χ2v) is 6.76. The molecule has 0 radical (unpaired) electrons. The molecule has 1 atom stereocenters. The van der Waals surface area contributed by atoms with Crippen molar-refractivity contribution >= 4 is 17.5 Å². The molecule has 0 bridgehead atoms. The fourth-order valence-corrected chi connectivity index (χ4v) is 3.56. The SMILES string of the molecule is COc1ccc(Nc2nc(=O)cc3n2C(c2ccccc2)CN3C)c(C)c1. The zero-order valence-corrected chi connectivity index (χ0v) is 15.6. The molecule has 0 fully saturated rings. The molecule has 0 amide bonds. The lowest BCUT2D eigenvalue weighted by molar-refractivity contribution is 0.414. The number of hydrogen-bond acceptors (Lipinski definition) is 5. The number of fused-ring (bicyclic) bond motifs is 1. The van der Waals surface area contributed by atoms with Crippen LogP contribution in [0.1, 0.15) is 17.2 Å². The first-order chi connectivity index (χ1) is 13.1. The van der Waals surface area contributed by atoms with Crippen LogP contribution in [0.4, 0.5) is 17.5 Å². The first kappa shape index (κ1) is 17.1. The number of nitrogens with one attached hydrogen (secondary N) is 1. The molecule has 0 aliphatic carbocycles. The Kier molecular flexibility index (Phi) is 4.32. The van der Waals surface area contributed by atoms with Crippen LogP contribution in [0.3, 0.4) is 0 Å². The third-order valence-corrected chi connectivity index (χ3v) is 4.96. The van der Waals surface area contributed by atoms with E-state index in [0.29, 0.717) is 5.95 Å². The Morgan fingerprint density at radius 2 is 1.93 bits per heavy atom. The minimum absolute atomic E-state index is 0.0837.